The number of fused-ring (bicyclic) bond motifs is 1. The lowest BCUT2D eigenvalue weighted by atomic mass is 10.1. The predicted molar refractivity (Wildman–Crippen MR) is 124 cm³/mol. The highest BCUT2D eigenvalue weighted by Gasteiger charge is 2.34. The Hall–Kier alpha value is -2.00. The first-order valence-corrected chi connectivity index (χ1v) is 13.7. The van der Waals surface area contributed by atoms with Gasteiger partial charge >= 0.3 is 0 Å². The van der Waals surface area contributed by atoms with Gasteiger partial charge < -0.3 is 10.2 Å². The van der Waals surface area contributed by atoms with E-state index in [0.717, 1.165) is 49.1 Å². The predicted octanol–water partition coefficient (Wildman–Crippen LogP) is 2.44. The van der Waals surface area contributed by atoms with Gasteiger partial charge in [-0.2, -0.15) is 5.10 Å². The fraction of sp³-hybridized carbons (Fsp3) is 0.696. The van der Waals surface area contributed by atoms with Gasteiger partial charge in [0.25, 0.3) is 5.91 Å². The molecule has 2 aliphatic heterocycles. The summed E-state index contributed by atoms with van der Waals surface area (Å²) < 4.78 is 25.9. The number of sulfone groups is 1. The molecule has 5 rings (SSSR count). The van der Waals surface area contributed by atoms with Crippen molar-refractivity contribution < 1.29 is 13.2 Å². The van der Waals surface area contributed by atoms with Gasteiger partial charge in [0.15, 0.2) is 15.5 Å². The zero-order valence-electron chi connectivity index (χ0n) is 19.2. The van der Waals surface area contributed by atoms with E-state index < -0.39 is 9.84 Å². The summed E-state index contributed by atoms with van der Waals surface area (Å²) in [6.45, 7) is 9.08. The monoisotopic (exact) mass is 459 g/mol. The number of amides is 1. The number of aryl methyl sites for hydroxylation is 1. The molecule has 1 N–H and O–H groups in total. The molecule has 1 amide bonds. The molecule has 4 heterocycles. The van der Waals surface area contributed by atoms with Gasteiger partial charge in [-0.05, 0) is 65.0 Å². The van der Waals surface area contributed by atoms with E-state index in [1.165, 1.54) is 0 Å². The molecule has 3 fully saturated rings. The maximum Gasteiger partial charge on any atom is 0.252 e. The number of carbonyl (C=O) groups is 1. The Morgan fingerprint density at radius 1 is 1.25 bits per heavy atom. The van der Waals surface area contributed by atoms with Gasteiger partial charge in [0.2, 0.25) is 0 Å². The lowest BCUT2D eigenvalue weighted by Gasteiger charge is -2.20. The number of hydrogen-bond acceptors (Lipinski definition) is 6. The van der Waals surface area contributed by atoms with Crippen LogP contribution in [0.1, 0.15) is 73.2 Å². The number of rotatable bonds is 6. The molecule has 2 aromatic rings. The Morgan fingerprint density at radius 3 is 2.66 bits per heavy atom. The average molecular weight is 460 g/mol. The van der Waals surface area contributed by atoms with E-state index >= 15 is 0 Å². The third-order valence-corrected chi connectivity index (χ3v) is 9.00. The molecule has 32 heavy (non-hydrogen) atoms. The van der Waals surface area contributed by atoms with Crippen LogP contribution in [0.25, 0.3) is 11.0 Å². The molecule has 174 valence electrons. The first-order chi connectivity index (χ1) is 15.2. The van der Waals surface area contributed by atoms with Gasteiger partial charge in [0.05, 0.1) is 34.2 Å². The Labute approximate surface area is 189 Å². The van der Waals surface area contributed by atoms with Crippen molar-refractivity contribution in [3.63, 3.8) is 0 Å². The molecule has 2 atom stereocenters. The zero-order valence-corrected chi connectivity index (χ0v) is 20.0. The molecule has 8 nitrogen and oxygen atoms in total. The van der Waals surface area contributed by atoms with Crippen molar-refractivity contribution in [3.05, 3.63) is 23.0 Å². The minimum atomic E-state index is -3.04. The molecule has 0 aromatic carbocycles. The SMILES string of the molecule is Cc1nn([C@@H]2CCS(=O)(=O)C2)c2nc(C3CC3)cc(C(=O)NC[C@@H]3CCN(C(C)C)C3)c12. The molecule has 1 saturated carbocycles. The topological polar surface area (TPSA) is 97.2 Å². The van der Waals surface area contributed by atoms with Gasteiger partial charge in [-0.15, -0.1) is 0 Å². The van der Waals surface area contributed by atoms with E-state index in [-0.39, 0.29) is 23.5 Å². The lowest BCUT2D eigenvalue weighted by Crippen LogP contribution is -2.33. The Bertz CT molecular complexity index is 1150. The highest BCUT2D eigenvalue weighted by molar-refractivity contribution is 7.91. The maximum absolute atomic E-state index is 13.3. The van der Waals surface area contributed by atoms with Crippen LogP contribution < -0.4 is 5.32 Å². The Kier molecular flexibility index (Phi) is 5.52. The number of nitrogens with zero attached hydrogens (tertiary/aromatic N) is 4. The van der Waals surface area contributed by atoms with Crippen LogP contribution in [-0.4, -0.2) is 71.2 Å². The molecule has 2 aromatic heterocycles. The van der Waals surface area contributed by atoms with Gasteiger partial charge in [-0.1, -0.05) is 0 Å². The van der Waals surface area contributed by atoms with Crippen molar-refractivity contribution in [1.29, 1.82) is 0 Å². The fourth-order valence-electron chi connectivity index (χ4n) is 5.15. The number of nitrogens with one attached hydrogen (secondary N) is 1. The molecule has 0 unspecified atom stereocenters. The van der Waals surface area contributed by atoms with Crippen molar-refractivity contribution in [2.45, 2.75) is 64.5 Å². The summed E-state index contributed by atoms with van der Waals surface area (Å²) in [5.41, 5.74) is 2.94. The first kappa shape index (κ1) is 21.8. The molecule has 9 heteroatoms. The highest BCUT2D eigenvalue weighted by atomic mass is 32.2. The van der Waals surface area contributed by atoms with E-state index in [9.17, 15) is 13.2 Å². The molecule has 0 spiro atoms. The zero-order chi connectivity index (χ0) is 22.6. The second kappa shape index (κ2) is 8.09. The molecular formula is C23H33N5O3S. The summed E-state index contributed by atoms with van der Waals surface area (Å²) >= 11 is 0. The smallest absolute Gasteiger partial charge is 0.252 e. The second-order valence-corrected chi connectivity index (χ2v) is 12.3. The van der Waals surface area contributed by atoms with E-state index in [4.69, 9.17) is 4.98 Å². The normalized spacial score (nSPS) is 25.8. The molecular weight excluding hydrogens is 426 g/mol. The van der Waals surface area contributed by atoms with Gasteiger partial charge in [0, 0.05) is 30.7 Å². The van der Waals surface area contributed by atoms with E-state index in [0.29, 0.717) is 42.1 Å². The first-order valence-electron chi connectivity index (χ1n) is 11.8. The third kappa shape index (κ3) is 4.17. The van der Waals surface area contributed by atoms with Crippen molar-refractivity contribution in [2.75, 3.05) is 31.1 Å². The van der Waals surface area contributed by atoms with Crippen molar-refractivity contribution >= 4 is 26.8 Å². The van der Waals surface area contributed by atoms with E-state index in [2.05, 4.69) is 29.2 Å². The standard InChI is InChI=1S/C23H33N5O3S/c1-14(2)27-8-6-16(12-27)11-24-23(29)19-10-20(17-4-5-17)25-22-21(19)15(3)26-28(22)18-7-9-32(30,31)13-18/h10,14,16-18H,4-9,11-13H2,1-3H3,(H,24,29)/t16-,18+/m0/s1. The molecule has 0 radical (unpaired) electrons. The van der Waals surface area contributed by atoms with Gasteiger partial charge in [-0.3, -0.25) is 4.79 Å². The van der Waals surface area contributed by atoms with Crippen LogP contribution in [0.15, 0.2) is 6.07 Å². The lowest BCUT2D eigenvalue weighted by molar-refractivity contribution is 0.0948. The number of carbonyl (C=O) groups excluding carboxylic acids is 1. The van der Waals surface area contributed by atoms with Crippen LogP contribution in [0, 0.1) is 12.8 Å². The van der Waals surface area contributed by atoms with E-state index in [1.807, 2.05) is 13.0 Å². The Morgan fingerprint density at radius 2 is 2.03 bits per heavy atom. The van der Waals surface area contributed by atoms with Crippen molar-refractivity contribution in [2.24, 2.45) is 5.92 Å². The van der Waals surface area contributed by atoms with Crippen molar-refractivity contribution in [1.82, 2.24) is 25.0 Å². The summed E-state index contributed by atoms with van der Waals surface area (Å²) in [4.78, 5) is 20.7. The van der Waals surface area contributed by atoms with Crippen LogP contribution in [-0.2, 0) is 9.84 Å². The molecule has 1 aliphatic carbocycles. The van der Waals surface area contributed by atoms with Gasteiger partial charge in [-0.25, -0.2) is 18.1 Å². The minimum absolute atomic E-state index is 0.0796. The Balaban J connectivity index is 1.44. The summed E-state index contributed by atoms with van der Waals surface area (Å²) in [6, 6.07) is 2.26. The number of likely N-dealkylation sites (tertiary alicyclic amines) is 1. The number of aromatic nitrogens is 3. The summed E-state index contributed by atoms with van der Waals surface area (Å²) in [5.74, 6) is 1.05. The number of pyridine rings is 1. The van der Waals surface area contributed by atoms with Crippen LogP contribution in [0.3, 0.4) is 0 Å². The fourth-order valence-corrected chi connectivity index (χ4v) is 6.85. The molecule has 0 bridgehead atoms. The molecule has 3 aliphatic rings. The second-order valence-electron chi connectivity index (χ2n) is 10.1. The van der Waals surface area contributed by atoms with E-state index in [1.54, 1.807) is 4.68 Å². The minimum Gasteiger partial charge on any atom is -0.352 e. The van der Waals surface area contributed by atoms with Crippen LogP contribution in [0.4, 0.5) is 0 Å². The maximum atomic E-state index is 13.3. The third-order valence-electron chi connectivity index (χ3n) is 7.25. The summed E-state index contributed by atoms with van der Waals surface area (Å²) in [6.07, 6.45) is 3.81. The average Bonchev–Trinajstić information content (AvgIpc) is 3.23. The summed E-state index contributed by atoms with van der Waals surface area (Å²) in [5, 5.41) is 8.60. The summed E-state index contributed by atoms with van der Waals surface area (Å²) in [7, 11) is -3.04. The number of hydrogen-bond donors (Lipinski definition) is 1. The van der Waals surface area contributed by atoms with Gasteiger partial charge in [0.1, 0.15) is 0 Å². The van der Waals surface area contributed by atoms with Crippen LogP contribution in [0.2, 0.25) is 0 Å². The van der Waals surface area contributed by atoms with Crippen molar-refractivity contribution in [3.8, 4) is 0 Å². The van der Waals surface area contributed by atoms with Crippen LogP contribution >= 0.6 is 0 Å². The van der Waals surface area contributed by atoms with Crippen LogP contribution in [0.5, 0.6) is 0 Å². The highest BCUT2D eigenvalue weighted by Crippen LogP contribution is 2.41. The molecule has 2 saturated heterocycles. The largest absolute Gasteiger partial charge is 0.352 e. The quantitative estimate of drug-likeness (QED) is 0.713.